The molecule has 0 aromatic heterocycles. The largest absolute Gasteiger partial charge is 0.102 e. The van der Waals surface area contributed by atoms with E-state index in [0.717, 1.165) is 0 Å². The second-order valence-corrected chi connectivity index (χ2v) is 3.13. The van der Waals surface area contributed by atoms with Gasteiger partial charge in [-0.15, -0.1) is 6.58 Å². The van der Waals surface area contributed by atoms with Gasteiger partial charge in [-0.1, -0.05) is 24.3 Å². The van der Waals surface area contributed by atoms with Crippen LogP contribution in [-0.4, -0.2) is 0 Å². The average Bonchev–Trinajstić information content (AvgIpc) is 2.08. The lowest BCUT2D eigenvalue weighted by Crippen LogP contribution is -1.94. The topological polar surface area (TPSA) is 0 Å². The zero-order chi connectivity index (χ0) is 9.14. The average molecular weight is 159 g/mol. The van der Waals surface area contributed by atoms with Crippen LogP contribution < -0.4 is 0 Å². The smallest absolute Gasteiger partial charge is 0.00183 e. The van der Waals surface area contributed by atoms with Crippen molar-refractivity contribution in [2.45, 2.75) is 19.8 Å². The van der Waals surface area contributed by atoms with Crippen LogP contribution in [0.25, 0.3) is 0 Å². The van der Waals surface area contributed by atoms with Gasteiger partial charge < -0.3 is 0 Å². The van der Waals surface area contributed by atoms with Crippen LogP contribution in [0.1, 0.15) is 22.6 Å². The van der Waals surface area contributed by atoms with Crippen LogP contribution in [-0.2, 0) is 0 Å². The summed E-state index contributed by atoms with van der Waals surface area (Å²) in [6.07, 6.45) is 1.88. The van der Waals surface area contributed by atoms with Crippen molar-refractivity contribution >= 4 is 0 Å². The molecule has 1 radical (unpaired) electrons. The zero-order valence-corrected chi connectivity index (χ0v) is 7.80. The van der Waals surface area contributed by atoms with Gasteiger partial charge in [-0.3, -0.25) is 0 Å². The molecule has 0 heteroatoms. The van der Waals surface area contributed by atoms with Crippen LogP contribution in [0.2, 0.25) is 0 Å². The normalized spacial score (nSPS) is 12.6. The van der Waals surface area contributed by atoms with E-state index < -0.39 is 0 Å². The lowest BCUT2D eigenvalue weighted by molar-refractivity contribution is 1.05. The van der Waals surface area contributed by atoms with Gasteiger partial charge in [0.2, 0.25) is 0 Å². The van der Waals surface area contributed by atoms with Gasteiger partial charge in [0.15, 0.2) is 0 Å². The van der Waals surface area contributed by atoms with Crippen molar-refractivity contribution in [2.75, 3.05) is 0 Å². The predicted molar refractivity (Wildman–Crippen MR) is 54.2 cm³/mol. The van der Waals surface area contributed by atoms with Crippen molar-refractivity contribution in [2.24, 2.45) is 0 Å². The number of benzene rings is 1. The van der Waals surface area contributed by atoms with Crippen LogP contribution in [0.4, 0.5) is 0 Å². The molecular weight excluding hydrogens is 144 g/mol. The van der Waals surface area contributed by atoms with Gasteiger partial charge in [0, 0.05) is 5.92 Å². The Kier molecular flexibility index (Phi) is 2.69. The van der Waals surface area contributed by atoms with E-state index in [1.165, 1.54) is 16.7 Å². The van der Waals surface area contributed by atoms with E-state index in [2.05, 4.69) is 45.5 Å². The van der Waals surface area contributed by atoms with Gasteiger partial charge in [0.1, 0.15) is 0 Å². The molecule has 0 saturated carbocycles. The van der Waals surface area contributed by atoms with E-state index in [0.29, 0.717) is 0 Å². The molecule has 0 bridgehead atoms. The van der Waals surface area contributed by atoms with E-state index in [-0.39, 0.29) is 5.92 Å². The minimum absolute atomic E-state index is 0.213. The summed E-state index contributed by atoms with van der Waals surface area (Å²) in [7, 11) is 0. The first-order valence-electron chi connectivity index (χ1n) is 4.18. The van der Waals surface area contributed by atoms with Crippen LogP contribution >= 0.6 is 0 Å². The molecule has 12 heavy (non-hydrogen) atoms. The van der Waals surface area contributed by atoms with Crippen molar-refractivity contribution in [3.8, 4) is 0 Å². The molecule has 63 valence electrons. The molecule has 0 aliphatic heterocycles. The van der Waals surface area contributed by atoms with Crippen molar-refractivity contribution in [3.63, 3.8) is 0 Å². The van der Waals surface area contributed by atoms with Crippen LogP contribution in [0.3, 0.4) is 0 Å². The molecular formula is C12H15. The summed E-state index contributed by atoms with van der Waals surface area (Å²) < 4.78 is 0. The number of hydrogen-bond donors (Lipinski definition) is 0. The third-order valence-corrected chi connectivity index (χ3v) is 2.33. The highest BCUT2D eigenvalue weighted by atomic mass is 14.1. The quantitative estimate of drug-likeness (QED) is 0.580. The van der Waals surface area contributed by atoms with Gasteiger partial charge in [-0.25, -0.2) is 0 Å². The first-order valence-corrected chi connectivity index (χ1v) is 4.18. The molecule has 0 amide bonds. The Bertz CT molecular complexity index is 284. The fourth-order valence-corrected chi connectivity index (χ4v) is 1.30. The maximum Gasteiger partial charge on any atom is 0.00183 e. The molecule has 1 unspecified atom stereocenters. The van der Waals surface area contributed by atoms with Gasteiger partial charge >= 0.3 is 0 Å². The van der Waals surface area contributed by atoms with E-state index in [1.807, 2.05) is 6.08 Å². The summed E-state index contributed by atoms with van der Waals surface area (Å²) in [5, 5.41) is 0. The number of hydrogen-bond acceptors (Lipinski definition) is 0. The molecule has 0 heterocycles. The van der Waals surface area contributed by atoms with Crippen molar-refractivity contribution in [1.29, 1.82) is 0 Å². The second-order valence-electron chi connectivity index (χ2n) is 3.13. The SMILES string of the molecule is [CH2]C(C=C)c1cccc(C)c1C. The van der Waals surface area contributed by atoms with Crippen molar-refractivity contribution < 1.29 is 0 Å². The third kappa shape index (κ3) is 1.58. The minimum atomic E-state index is 0.213. The molecule has 0 fully saturated rings. The molecule has 1 atom stereocenters. The van der Waals surface area contributed by atoms with Crippen LogP contribution in [0.5, 0.6) is 0 Å². The summed E-state index contributed by atoms with van der Waals surface area (Å²) in [5.74, 6) is 0.213. The Labute approximate surface area is 74.9 Å². The molecule has 0 nitrogen and oxygen atoms in total. The summed E-state index contributed by atoms with van der Waals surface area (Å²) >= 11 is 0. The molecule has 0 aliphatic carbocycles. The fraction of sp³-hybridized carbons (Fsp3) is 0.250. The Balaban J connectivity index is 3.15. The number of rotatable bonds is 2. The molecule has 1 rings (SSSR count). The second kappa shape index (κ2) is 3.57. The highest BCUT2D eigenvalue weighted by Gasteiger charge is 2.04. The standard InChI is InChI=1S/C12H15/c1-5-9(2)12-8-6-7-10(3)11(12)4/h5-9H,1-2H2,3-4H3. The highest BCUT2D eigenvalue weighted by Crippen LogP contribution is 2.21. The van der Waals surface area contributed by atoms with Crippen LogP contribution in [0, 0.1) is 20.8 Å². The third-order valence-electron chi connectivity index (χ3n) is 2.33. The summed E-state index contributed by atoms with van der Waals surface area (Å²) in [6, 6.07) is 6.30. The maximum atomic E-state index is 4.01. The Morgan fingerprint density at radius 1 is 1.33 bits per heavy atom. The first kappa shape index (κ1) is 9.05. The maximum absolute atomic E-state index is 4.01. The summed E-state index contributed by atoms with van der Waals surface area (Å²) in [4.78, 5) is 0. The molecule has 0 spiro atoms. The van der Waals surface area contributed by atoms with E-state index in [1.54, 1.807) is 0 Å². The Morgan fingerprint density at radius 2 is 2.00 bits per heavy atom. The number of aryl methyl sites for hydroxylation is 1. The molecule has 0 N–H and O–H groups in total. The summed E-state index contributed by atoms with van der Waals surface area (Å²) in [6.45, 7) is 12.0. The molecule has 1 aromatic rings. The van der Waals surface area contributed by atoms with Gasteiger partial charge in [-0.2, -0.15) is 0 Å². The van der Waals surface area contributed by atoms with Crippen molar-refractivity contribution in [1.82, 2.24) is 0 Å². The lowest BCUT2D eigenvalue weighted by atomic mass is 9.94. The Hall–Kier alpha value is -1.04. The zero-order valence-electron chi connectivity index (χ0n) is 7.80. The van der Waals surface area contributed by atoms with Crippen LogP contribution in [0.15, 0.2) is 30.9 Å². The highest BCUT2D eigenvalue weighted by molar-refractivity contribution is 5.37. The summed E-state index contributed by atoms with van der Waals surface area (Å²) in [5.41, 5.74) is 3.94. The van der Waals surface area contributed by atoms with Gasteiger partial charge in [-0.05, 0) is 37.5 Å². The predicted octanol–water partition coefficient (Wildman–Crippen LogP) is 3.41. The van der Waals surface area contributed by atoms with E-state index >= 15 is 0 Å². The Morgan fingerprint density at radius 3 is 2.58 bits per heavy atom. The first-order chi connectivity index (χ1) is 5.66. The molecule has 0 saturated heterocycles. The molecule has 0 aliphatic rings. The minimum Gasteiger partial charge on any atom is -0.102 e. The number of allylic oxidation sites excluding steroid dienone is 1. The van der Waals surface area contributed by atoms with E-state index in [4.69, 9.17) is 0 Å². The van der Waals surface area contributed by atoms with Gasteiger partial charge in [0.25, 0.3) is 0 Å². The lowest BCUT2D eigenvalue weighted by Gasteiger charge is -2.11. The fourth-order valence-electron chi connectivity index (χ4n) is 1.30. The molecule has 1 aromatic carbocycles. The van der Waals surface area contributed by atoms with Gasteiger partial charge in [0.05, 0.1) is 0 Å². The van der Waals surface area contributed by atoms with E-state index in [9.17, 15) is 0 Å². The van der Waals surface area contributed by atoms with Crippen molar-refractivity contribution in [3.05, 3.63) is 54.5 Å². The monoisotopic (exact) mass is 159 g/mol.